The van der Waals surface area contributed by atoms with Crippen molar-refractivity contribution in [1.82, 2.24) is 10.6 Å². The van der Waals surface area contributed by atoms with Gasteiger partial charge in [-0.05, 0) is 24.6 Å². The maximum atomic E-state index is 12.1. The predicted octanol–water partition coefficient (Wildman–Crippen LogP) is 2.96. The topological polar surface area (TPSA) is 64.1 Å². The molecule has 0 aromatic heterocycles. The summed E-state index contributed by atoms with van der Waals surface area (Å²) in [6, 6.07) is 6.38. The summed E-state index contributed by atoms with van der Waals surface area (Å²) < 4.78 is 51.3. The molecule has 0 amide bonds. The third-order valence-corrected chi connectivity index (χ3v) is 3.06. The molecule has 0 atom stereocenters. The lowest BCUT2D eigenvalue weighted by atomic mass is 10.2. The number of nitrogens with one attached hydrogen (secondary N) is 2. The van der Waals surface area contributed by atoms with Gasteiger partial charge >= 0.3 is 6.18 Å². The van der Waals surface area contributed by atoms with Gasteiger partial charge < -0.3 is 24.8 Å². The van der Waals surface area contributed by atoms with Crippen LogP contribution in [0.5, 0.6) is 5.75 Å². The highest BCUT2D eigenvalue weighted by Crippen LogP contribution is 2.19. The number of halogens is 4. The van der Waals surface area contributed by atoms with Crippen molar-refractivity contribution in [2.24, 2.45) is 4.99 Å². The minimum absolute atomic E-state index is 0. The molecule has 156 valence electrons. The molecule has 1 rings (SSSR count). The molecule has 2 N–H and O–H groups in total. The molecule has 0 aliphatic carbocycles. The molecule has 0 aliphatic rings. The number of methoxy groups -OCH3 is 1. The molecule has 0 radical (unpaired) electrons. The van der Waals surface area contributed by atoms with Gasteiger partial charge in [-0.3, -0.25) is 0 Å². The molecule has 0 unspecified atom stereocenters. The Balaban J connectivity index is 0.00000676. The van der Waals surface area contributed by atoms with Crippen LogP contribution in [0, 0.1) is 0 Å². The van der Waals surface area contributed by atoms with Crippen molar-refractivity contribution in [1.29, 1.82) is 0 Å². The Labute approximate surface area is 174 Å². The number of ether oxygens (including phenoxy) is 3. The number of benzene rings is 1. The summed E-state index contributed by atoms with van der Waals surface area (Å²) in [5.41, 5.74) is 0.859. The first-order valence-corrected chi connectivity index (χ1v) is 8.32. The van der Waals surface area contributed by atoms with Crippen LogP contribution in [0.1, 0.15) is 12.5 Å². The zero-order chi connectivity index (χ0) is 19.3. The maximum absolute atomic E-state index is 12.1. The third kappa shape index (κ3) is 13.5. The molecule has 0 saturated carbocycles. The smallest absolute Gasteiger partial charge is 0.422 e. The van der Waals surface area contributed by atoms with Gasteiger partial charge in [0.1, 0.15) is 5.75 Å². The SMILES string of the molecule is CCNC(=NCc1ccc(OCC(F)(F)F)cc1)NCCOCCOC.I. The number of alkyl halides is 3. The standard InChI is InChI=1S/C17H26F3N3O3.HI/c1-3-21-16(22-8-9-25-11-10-24-2)23-12-14-4-6-15(7-5-14)26-13-17(18,19)20;/h4-7H,3,8-13H2,1-2H3,(H2,21,22,23);1H. The molecule has 10 heteroatoms. The lowest BCUT2D eigenvalue weighted by molar-refractivity contribution is -0.153. The van der Waals surface area contributed by atoms with Gasteiger partial charge in [-0.25, -0.2) is 4.99 Å². The Hall–Kier alpha value is -1.27. The minimum atomic E-state index is -4.34. The average molecular weight is 505 g/mol. The van der Waals surface area contributed by atoms with Crippen molar-refractivity contribution in [2.75, 3.05) is 46.6 Å². The van der Waals surface area contributed by atoms with E-state index in [1.165, 1.54) is 12.1 Å². The van der Waals surface area contributed by atoms with E-state index in [9.17, 15) is 13.2 Å². The molecule has 0 spiro atoms. The molecule has 6 nitrogen and oxygen atoms in total. The van der Waals surface area contributed by atoms with Crippen LogP contribution in [0.3, 0.4) is 0 Å². The fourth-order valence-corrected chi connectivity index (χ4v) is 1.85. The summed E-state index contributed by atoms with van der Waals surface area (Å²) in [6.07, 6.45) is -4.34. The Morgan fingerprint density at radius 2 is 1.78 bits per heavy atom. The highest BCUT2D eigenvalue weighted by atomic mass is 127. The monoisotopic (exact) mass is 505 g/mol. The molecule has 1 aromatic rings. The Morgan fingerprint density at radius 3 is 2.37 bits per heavy atom. The van der Waals surface area contributed by atoms with E-state index in [4.69, 9.17) is 9.47 Å². The van der Waals surface area contributed by atoms with Gasteiger partial charge in [0.15, 0.2) is 12.6 Å². The van der Waals surface area contributed by atoms with Crippen molar-refractivity contribution in [2.45, 2.75) is 19.6 Å². The lowest BCUT2D eigenvalue weighted by Gasteiger charge is -2.12. The number of guanidine groups is 1. The van der Waals surface area contributed by atoms with E-state index in [0.29, 0.717) is 45.4 Å². The van der Waals surface area contributed by atoms with Crippen LogP contribution in [-0.2, 0) is 16.0 Å². The summed E-state index contributed by atoms with van der Waals surface area (Å²) in [5, 5.41) is 6.25. The van der Waals surface area contributed by atoms with E-state index < -0.39 is 12.8 Å². The summed E-state index contributed by atoms with van der Waals surface area (Å²) in [7, 11) is 1.62. The van der Waals surface area contributed by atoms with Crippen molar-refractivity contribution in [3.63, 3.8) is 0 Å². The average Bonchev–Trinajstić information content (AvgIpc) is 2.61. The molecule has 0 bridgehead atoms. The Morgan fingerprint density at radius 1 is 1.07 bits per heavy atom. The summed E-state index contributed by atoms with van der Waals surface area (Å²) >= 11 is 0. The lowest BCUT2D eigenvalue weighted by Crippen LogP contribution is -2.39. The van der Waals surface area contributed by atoms with Crippen molar-refractivity contribution in [3.05, 3.63) is 29.8 Å². The van der Waals surface area contributed by atoms with Crippen LogP contribution in [0.4, 0.5) is 13.2 Å². The van der Waals surface area contributed by atoms with Gasteiger partial charge in [-0.1, -0.05) is 12.1 Å². The molecule has 0 heterocycles. The highest BCUT2D eigenvalue weighted by Gasteiger charge is 2.28. The second-order valence-corrected chi connectivity index (χ2v) is 5.27. The minimum Gasteiger partial charge on any atom is -0.484 e. The van der Waals surface area contributed by atoms with Crippen LogP contribution in [0.25, 0.3) is 0 Å². The quantitative estimate of drug-likeness (QED) is 0.210. The zero-order valence-electron chi connectivity index (χ0n) is 15.5. The second kappa shape index (κ2) is 14.7. The van der Waals surface area contributed by atoms with Gasteiger partial charge in [0.25, 0.3) is 0 Å². The first-order valence-electron chi connectivity index (χ1n) is 8.32. The Bertz CT molecular complexity index is 528. The summed E-state index contributed by atoms with van der Waals surface area (Å²) in [5.74, 6) is 0.813. The normalized spacial score (nSPS) is 11.7. The van der Waals surface area contributed by atoms with E-state index in [1.807, 2.05) is 6.92 Å². The number of hydrogen-bond acceptors (Lipinski definition) is 4. The van der Waals surface area contributed by atoms with Crippen LogP contribution in [-0.4, -0.2) is 58.8 Å². The Kier molecular flexibility index (Phi) is 14.1. The molecule has 27 heavy (non-hydrogen) atoms. The summed E-state index contributed by atoms with van der Waals surface area (Å²) in [4.78, 5) is 4.43. The number of rotatable bonds is 11. The fourth-order valence-electron chi connectivity index (χ4n) is 1.85. The molecule has 0 saturated heterocycles. The zero-order valence-corrected chi connectivity index (χ0v) is 17.8. The largest absolute Gasteiger partial charge is 0.484 e. The maximum Gasteiger partial charge on any atom is 0.422 e. The van der Waals surface area contributed by atoms with Crippen LogP contribution < -0.4 is 15.4 Å². The van der Waals surface area contributed by atoms with Crippen LogP contribution >= 0.6 is 24.0 Å². The van der Waals surface area contributed by atoms with E-state index in [1.54, 1.807) is 19.2 Å². The number of aliphatic imine (C=N–C) groups is 1. The summed E-state index contributed by atoms with van der Waals surface area (Å²) in [6.45, 7) is 3.97. The first kappa shape index (κ1) is 25.7. The molecule has 1 aromatic carbocycles. The van der Waals surface area contributed by atoms with E-state index in [0.717, 1.165) is 5.56 Å². The van der Waals surface area contributed by atoms with Gasteiger partial charge in [0, 0.05) is 20.2 Å². The van der Waals surface area contributed by atoms with Crippen LogP contribution in [0.2, 0.25) is 0 Å². The van der Waals surface area contributed by atoms with E-state index in [2.05, 4.69) is 20.4 Å². The number of nitrogens with zero attached hydrogens (tertiary/aromatic N) is 1. The third-order valence-electron chi connectivity index (χ3n) is 3.06. The first-order chi connectivity index (χ1) is 12.4. The predicted molar refractivity (Wildman–Crippen MR) is 109 cm³/mol. The fraction of sp³-hybridized carbons (Fsp3) is 0.588. The van der Waals surface area contributed by atoms with E-state index >= 15 is 0 Å². The van der Waals surface area contributed by atoms with Gasteiger partial charge in [0.2, 0.25) is 0 Å². The van der Waals surface area contributed by atoms with E-state index in [-0.39, 0.29) is 29.7 Å². The van der Waals surface area contributed by atoms with Crippen LogP contribution in [0.15, 0.2) is 29.3 Å². The number of hydrogen-bond donors (Lipinski definition) is 2. The van der Waals surface area contributed by atoms with Gasteiger partial charge in [-0.2, -0.15) is 13.2 Å². The highest BCUT2D eigenvalue weighted by molar-refractivity contribution is 14.0. The van der Waals surface area contributed by atoms with Crippen molar-refractivity contribution in [3.8, 4) is 5.75 Å². The van der Waals surface area contributed by atoms with Gasteiger partial charge in [-0.15, -0.1) is 24.0 Å². The van der Waals surface area contributed by atoms with Crippen molar-refractivity contribution < 1.29 is 27.4 Å². The van der Waals surface area contributed by atoms with Crippen molar-refractivity contribution >= 4 is 29.9 Å². The molecular weight excluding hydrogens is 478 g/mol. The van der Waals surface area contributed by atoms with Gasteiger partial charge in [0.05, 0.1) is 26.4 Å². The molecule has 0 aliphatic heterocycles. The second-order valence-electron chi connectivity index (χ2n) is 5.27. The molecular formula is C17H27F3IN3O3. The molecule has 0 fully saturated rings.